The van der Waals surface area contributed by atoms with Gasteiger partial charge < -0.3 is 26.0 Å². The first-order valence-electron chi connectivity index (χ1n) is 10.1. The molecule has 3 amide bonds. The normalized spacial score (nSPS) is 13.6. The van der Waals surface area contributed by atoms with Gasteiger partial charge in [0.05, 0.1) is 21.4 Å². The van der Waals surface area contributed by atoms with Crippen LogP contribution in [-0.2, 0) is 16.1 Å². The molecule has 1 aliphatic heterocycles. The summed E-state index contributed by atoms with van der Waals surface area (Å²) in [5.41, 5.74) is 8.58. The van der Waals surface area contributed by atoms with Crippen LogP contribution in [0.1, 0.15) is 25.6 Å². The van der Waals surface area contributed by atoms with E-state index in [0.717, 1.165) is 5.56 Å². The number of hydrogen-bond donors (Lipinski definition) is 3. The summed E-state index contributed by atoms with van der Waals surface area (Å²) in [6, 6.07) is 15.4. The lowest BCUT2D eigenvalue weighted by molar-refractivity contribution is -0.125. The van der Waals surface area contributed by atoms with Crippen molar-refractivity contribution in [3.8, 4) is 0 Å². The van der Waals surface area contributed by atoms with E-state index >= 15 is 0 Å². The first kappa shape index (κ1) is 22.8. The van der Waals surface area contributed by atoms with E-state index in [0.29, 0.717) is 33.7 Å². The van der Waals surface area contributed by atoms with Gasteiger partial charge in [0.15, 0.2) is 0 Å². The van der Waals surface area contributed by atoms with Gasteiger partial charge in [0.2, 0.25) is 0 Å². The fourth-order valence-electron chi connectivity index (χ4n) is 3.40. The zero-order valence-corrected chi connectivity index (χ0v) is 19.0. The van der Waals surface area contributed by atoms with Crippen LogP contribution in [0.3, 0.4) is 0 Å². The van der Waals surface area contributed by atoms with Crippen molar-refractivity contribution >= 4 is 57.7 Å². The first-order valence-corrected chi connectivity index (χ1v) is 11.3. The van der Waals surface area contributed by atoms with Gasteiger partial charge in [-0.05, 0) is 42.0 Å². The quantitative estimate of drug-likeness (QED) is 0.463. The van der Waals surface area contributed by atoms with Crippen molar-refractivity contribution in [2.24, 2.45) is 0 Å². The van der Waals surface area contributed by atoms with Crippen LogP contribution in [0.15, 0.2) is 54.6 Å². The molecule has 0 atom stereocenters. The Bertz CT molecular complexity index is 1210. The number of amides is 3. The monoisotopic (exact) mass is 484 g/mol. The second-order valence-electron chi connectivity index (χ2n) is 7.27. The Labute approximate surface area is 199 Å². The van der Waals surface area contributed by atoms with Crippen molar-refractivity contribution in [1.82, 2.24) is 5.32 Å². The molecule has 2 aromatic carbocycles. The summed E-state index contributed by atoms with van der Waals surface area (Å²) in [5, 5.41) is 5.68. The maximum absolute atomic E-state index is 12.9. The first-order chi connectivity index (χ1) is 15.9. The van der Waals surface area contributed by atoms with Gasteiger partial charge in [0, 0.05) is 30.2 Å². The van der Waals surface area contributed by atoms with Gasteiger partial charge in [-0.25, -0.2) is 0 Å². The highest BCUT2D eigenvalue weighted by Gasteiger charge is 2.22. The highest BCUT2D eigenvalue weighted by atomic mass is 35.5. The zero-order valence-electron chi connectivity index (χ0n) is 17.5. The molecule has 0 spiro atoms. The number of hydrogen-bond acceptors (Lipinski definition) is 6. The summed E-state index contributed by atoms with van der Waals surface area (Å²) in [5.74, 6) is -0.791. The Morgan fingerprint density at radius 2 is 1.94 bits per heavy atom. The van der Waals surface area contributed by atoms with E-state index in [1.54, 1.807) is 47.4 Å². The van der Waals surface area contributed by atoms with Gasteiger partial charge in [0.25, 0.3) is 17.7 Å². The minimum Gasteiger partial charge on any atom is -0.398 e. The van der Waals surface area contributed by atoms with Gasteiger partial charge in [0.1, 0.15) is 6.61 Å². The predicted octanol–water partition coefficient (Wildman–Crippen LogP) is 3.53. The lowest BCUT2D eigenvalue weighted by Crippen LogP contribution is -2.41. The molecule has 0 bridgehead atoms. The van der Waals surface area contributed by atoms with Crippen molar-refractivity contribution in [3.05, 3.63) is 74.9 Å². The summed E-state index contributed by atoms with van der Waals surface area (Å²) in [7, 11) is 0. The van der Waals surface area contributed by atoms with Crippen LogP contribution >= 0.6 is 22.9 Å². The zero-order chi connectivity index (χ0) is 23.4. The maximum Gasteiger partial charge on any atom is 0.261 e. The smallest absolute Gasteiger partial charge is 0.261 e. The molecule has 1 aliphatic rings. The summed E-state index contributed by atoms with van der Waals surface area (Å²) < 4.78 is 5.68. The van der Waals surface area contributed by atoms with Gasteiger partial charge in [-0.15, -0.1) is 11.3 Å². The standard InChI is InChI=1S/C23H21ClN4O4S/c24-20-8-7-19(33-20)23(31)26-12-14-3-1-2-4-18(14)27-22(30)16-6-5-15(11-17(16)25)28-9-10-32-13-21(28)29/h1-8,11H,9-10,12-13,25H2,(H,26,31)(H,27,30). The molecule has 170 valence electrons. The highest BCUT2D eigenvalue weighted by molar-refractivity contribution is 7.18. The topological polar surface area (TPSA) is 114 Å². The van der Waals surface area contributed by atoms with Crippen molar-refractivity contribution in [1.29, 1.82) is 0 Å². The number of carbonyl (C=O) groups is 3. The minimum atomic E-state index is -0.392. The Kier molecular flexibility index (Phi) is 6.93. The number of halogens is 1. The number of para-hydroxylation sites is 1. The number of anilines is 3. The van der Waals surface area contributed by atoms with Crippen LogP contribution in [0.4, 0.5) is 17.1 Å². The molecule has 8 nitrogen and oxygen atoms in total. The maximum atomic E-state index is 12.9. The number of morpholine rings is 1. The van der Waals surface area contributed by atoms with Gasteiger partial charge in [-0.2, -0.15) is 0 Å². The minimum absolute atomic E-state index is 0.0228. The van der Waals surface area contributed by atoms with Gasteiger partial charge in [-0.3, -0.25) is 14.4 Å². The Morgan fingerprint density at radius 3 is 2.67 bits per heavy atom. The fraction of sp³-hybridized carbons (Fsp3) is 0.174. The summed E-state index contributed by atoms with van der Waals surface area (Å²) in [6.07, 6.45) is 0. The largest absolute Gasteiger partial charge is 0.398 e. The Hall–Kier alpha value is -3.40. The van der Waals surface area contributed by atoms with Crippen molar-refractivity contribution in [2.75, 3.05) is 35.7 Å². The molecule has 3 aromatic rings. The van der Waals surface area contributed by atoms with E-state index in [2.05, 4.69) is 10.6 Å². The molecular formula is C23H21ClN4O4S. The highest BCUT2D eigenvalue weighted by Crippen LogP contribution is 2.25. The molecular weight excluding hydrogens is 464 g/mol. The van der Waals surface area contributed by atoms with Crippen molar-refractivity contribution in [3.63, 3.8) is 0 Å². The van der Waals surface area contributed by atoms with Crippen LogP contribution in [0.25, 0.3) is 0 Å². The number of nitrogen functional groups attached to an aromatic ring is 1. The third-order valence-corrected chi connectivity index (χ3v) is 6.31. The fourth-order valence-corrected chi connectivity index (χ4v) is 4.36. The SMILES string of the molecule is Nc1cc(N2CCOCC2=O)ccc1C(=O)Nc1ccccc1CNC(=O)c1ccc(Cl)s1. The van der Waals surface area contributed by atoms with Gasteiger partial charge >= 0.3 is 0 Å². The van der Waals surface area contributed by atoms with Crippen molar-refractivity contribution < 1.29 is 19.1 Å². The summed E-state index contributed by atoms with van der Waals surface area (Å²) in [4.78, 5) is 39.4. The number of nitrogens with one attached hydrogen (secondary N) is 2. The molecule has 2 heterocycles. The molecule has 10 heteroatoms. The number of benzene rings is 2. The Morgan fingerprint density at radius 1 is 1.12 bits per heavy atom. The number of ether oxygens (including phenoxy) is 1. The molecule has 1 saturated heterocycles. The predicted molar refractivity (Wildman–Crippen MR) is 129 cm³/mol. The lowest BCUT2D eigenvalue weighted by Gasteiger charge is -2.27. The second-order valence-corrected chi connectivity index (χ2v) is 8.98. The summed E-state index contributed by atoms with van der Waals surface area (Å²) >= 11 is 7.09. The molecule has 0 radical (unpaired) electrons. The summed E-state index contributed by atoms with van der Waals surface area (Å²) in [6.45, 7) is 1.12. The molecule has 33 heavy (non-hydrogen) atoms. The molecule has 4 N–H and O–H groups in total. The van der Waals surface area contributed by atoms with Crippen LogP contribution in [-0.4, -0.2) is 37.5 Å². The molecule has 1 aromatic heterocycles. The average molecular weight is 485 g/mol. The number of rotatable bonds is 6. The molecule has 0 aliphatic carbocycles. The molecule has 0 unspecified atom stereocenters. The number of nitrogens with zero attached hydrogens (tertiary/aromatic N) is 1. The van der Waals surface area contributed by atoms with Crippen molar-refractivity contribution in [2.45, 2.75) is 6.54 Å². The molecule has 1 fully saturated rings. The van der Waals surface area contributed by atoms with E-state index in [9.17, 15) is 14.4 Å². The van der Waals surface area contributed by atoms with E-state index < -0.39 is 5.91 Å². The van der Waals surface area contributed by atoms with Crippen LogP contribution in [0.5, 0.6) is 0 Å². The van der Waals surface area contributed by atoms with E-state index in [1.165, 1.54) is 11.3 Å². The van der Waals surface area contributed by atoms with E-state index in [4.69, 9.17) is 22.1 Å². The number of nitrogens with two attached hydrogens (primary N) is 1. The van der Waals surface area contributed by atoms with Crippen LogP contribution in [0, 0.1) is 0 Å². The van der Waals surface area contributed by atoms with E-state index in [1.807, 2.05) is 12.1 Å². The number of thiophene rings is 1. The Balaban J connectivity index is 1.45. The van der Waals surface area contributed by atoms with E-state index in [-0.39, 0.29) is 36.2 Å². The third-order valence-electron chi connectivity index (χ3n) is 5.08. The van der Waals surface area contributed by atoms with Crippen LogP contribution < -0.4 is 21.3 Å². The number of carbonyl (C=O) groups excluding carboxylic acids is 3. The van der Waals surface area contributed by atoms with Crippen LogP contribution in [0.2, 0.25) is 4.34 Å². The average Bonchev–Trinajstić information content (AvgIpc) is 3.25. The molecule has 0 saturated carbocycles. The lowest BCUT2D eigenvalue weighted by atomic mass is 10.1. The third kappa shape index (κ3) is 5.33. The second kappa shape index (κ2) is 10.0. The van der Waals surface area contributed by atoms with Gasteiger partial charge in [-0.1, -0.05) is 29.8 Å². The molecule has 4 rings (SSSR count).